The van der Waals surface area contributed by atoms with Crippen molar-refractivity contribution >= 4 is 5.91 Å². The molecule has 1 heterocycles. The zero-order valence-corrected chi connectivity index (χ0v) is 13.1. The van der Waals surface area contributed by atoms with Crippen LogP contribution in [0.4, 0.5) is 0 Å². The van der Waals surface area contributed by atoms with Gasteiger partial charge in [0.1, 0.15) is 0 Å². The number of rotatable bonds is 4. The van der Waals surface area contributed by atoms with Crippen molar-refractivity contribution in [3.63, 3.8) is 0 Å². The lowest BCUT2D eigenvalue weighted by Crippen LogP contribution is -2.38. The Balaban J connectivity index is 1.98. The Kier molecular flexibility index (Phi) is 3.98. The molecular formula is C17H22N4O. The quantitative estimate of drug-likeness (QED) is 0.903. The summed E-state index contributed by atoms with van der Waals surface area (Å²) in [5.74, 6) is -0.123. The fourth-order valence-corrected chi connectivity index (χ4v) is 2.87. The predicted octanol–water partition coefficient (Wildman–Crippen LogP) is 1.75. The maximum absolute atomic E-state index is 12.4. The number of aromatic nitrogens is 2. The summed E-state index contributed by atoms with van der Waals surface area (Å²) in [6, 6.07) is 8.17. The molecule has 0 radical (unpaired) electrons. The van der Waals surface area contributed by atoms with E-state index in [9.17, 15) is 4.79 Å². The normalized spacial score (nSPS) is 14.7. The zero-order valence-electron chi connectivity index (χ0n) is 13.1. The largest absolute Gasteiger partial charge is 0.347 e. The summed E-state index contributed by atoms with van der Waals surface area (Å²) in [7, 11) is 0. The van der Waals surface area contributed by atoms with Gasteiger partial charge in [-0.15, -0.1) is 0 Å². The molecule has 0 aliphatic heterocycles. The number of amides is 1. The van der Waals surface area contributed by atoms with E-state index in [1.165, 1.54) is 5.56 Å². The van der Waals surface area contributed by atoms with Crippen molar-refractivity contribution in [2.75, 3.05) is 6.54 Å². The topological polar surface area (TPSA) is 72.9 Å². The SMILES string of the molecule is Cc1ccc(-n2nc(C(=O)N[C@@H](C)CN)c3c2CCC3)cc1. The highest BCUT2D eigenvalue weighted by atomic mass is 16.2. The van der Waals surface area contributed by atoms with Crippen LogP contribution < -0.4 is 11.1 Å². The lowest BCUT2D eigenvalue weighted by Gasteiger charge is -2.10. The molecule has 1 atom stereocenters. The predicted molar refractivity (Wildman–Crippen MR) is 86.3 cm³/mol. The second-order valence-electron chi connectivity index (χ2n) is 5.98. The third-order valence-electron chi connectivity index (χ3n) is 4.15. The third-order valence-corrected chi connectivity index (χ3v) is 4.15. The number of carbonyl (C=O) groups is 1. The Morgan fingerprint density at radius 3 is 2.77 bits per heavy atom. The van der Waals surface area contributed by atoms with Crippen molar-refractivity contribution in [2.45, 2.75) is 39.2 Å². The molecule has 5 heteroatoms. The maximum Gasteiger partial charge on any atom is 0.272 e. The van der Waals surface area contributed by atoms with E-state index in [0.29, 0.717) is 12.2 Å². The standard InChI is InChI=1S/C17H22N4O/c1-11-6-8-13(9-7-11)21-15-5-3-4-14(15)16(20-21)17(22)19-12(2)10-18/h6-9,12H,3-5,10,18H2,1-2H3,(H,19,22)/t12-/m0/s1. The molecule has 3 rings (SSSR count). The number of fused-ring (bicyclic) bond motifs is 1. The molecule has 0 unspecified atom stereocenters. The van der Waals surface area contributed by atoms with Crippen molar-refractivity contribution in [1.29, 1.82) is 0 Å². The van der Waals surface area contributed by atoms with Crippen molar-refractivity contribution in [1.82, 2.24) is 15.1 Å². The average molecular weight is 298 g/mol. The Hall–Kier alpha value is -2.14. The smallest absolute Gasteiger partial charge is 0.272 e. The number of aryl methyl sites for hydroxylation is 1. The van der Waals surface area contributed by atoms with Gasteiger partial charge in [-0.1, -0.05) is 17.7 Å². The Bertz CT molecular complexity index is 687. The van der Waals surface area contributed by atoms with E-state index in [0.717, 1.165) is 36.2 Å². The first-order chi connectivity index (χ1) is 10.6. The van der Waals surface area contributed by atoms with Gasteiger partial charge in [0.25, 0.3) is 5.91 Å². The van der Waals surface area contributed by atoms with E-state index in [-0.39, 0.29) is 11.9 Å². The number of carbonyl (C=O) groups excluding carboxylic acids is 1. The first kappa shape index (κ1) is 14.8. The second-order valence-corrected chi connectivity index (χ2v) is 5.98. The molecule has 0 saturated heterocycles. The van der Waals surface area contributed by atoms with E-state index in [4.69, 9.17) is 5.73 Å². The molecule has 0 spiro atoms. The minimum absolute atomic E-state index is 0.0472. The van der Waals surface area contributed by atoms with Crippen LogP contribution in [-0.2, 0) is 12.8 Å². The molecule has 5 nitrogen and oxygen atoms in total. The van der Waals surface area contributed by atoms with Gasteiger partial charge in [0.05, 0.1) is 5.69 Å². The van der Waals surface area contributed by atoms with Crippen molar-refractivity contribution in [3.05, 3.63) is 46.8 Å². The first-order valence-corrected chi connectivity index (χ1v) is 7.79. The molecule has 0 saturated carbocycles. The summed E-state index contributed by atoms with van der Waals surface area (Å²) in [6.07, 6.45) is 2.96. The molecule has 0 bridgehead atoms. The van der Waals surface area contributed by atoms with Crippen LogP contribution in [0.1, 0.15) is 40.7 Å². The van der Waals surface area contributed by atoms with Crippen LogP contribution in [0.2, 0.25) is 0 Å². The van der Waals surface area contributed by atoms with Crippen LogP contribution >= 0.6 is 0 Å². The summed E-state index contributed by atoms with van der Waals surface area (Å²) in [4.78, 5) is 12.4. The minimum Gasteiger partial charge on any atom is -0.347 e. The van der Waals surface area contributed by atoms with Crippen LogP contribution in [0.3, 0.4) is 0 Å². The molecular weight excluding hydrogens is 276 g/mol. The van der Waals surface area contributed by atoms with E-state index >= 15 is 0 Å². The number of nitrogens with two attached hydrogens (primary N) is 1. The minimum atomic E-state index is -0.123. The van der Waals surface area contributed by atoms with Gasteiger partial charge in [-0.2, -0.15) is 5.10 Å². The summed E-state index contributed by atoms with van der Waals surface area (Å²) in [5.41, 5.74) is 10.6. The van der Waals surface area contributed by atoms with Crippen LogP contribution in [0.15, 0.2) is 24.3 Å². The molecule has 1 amide bonds. The van der Waals surface area contributed by atoms with Crippen LogP contribution in [-0.4, -0.2) is 28.3 Å². The monoisotopic (exact) mass is 298 g/mol. The van der Waals surface area contributed by atoms with Crippen LogP contribution in [0, 0.1) is 6.92 Å². The second kappa shape index (κ2) is 5.93. The van der Waals surface area contributed by atoms with Gasteiger partial charge in [-0.25, -0.2) is 4.68 Å². The third kappa shape index (κ3) is 2.64. The molecule has 1 aliphatic carbocycles. The lowest BCUT2D eigenvalue weighted by atomic mass is 10.2. The highest BCUT2D eigenvalue weighted by molar-refractivity contribution is 5.94. The Morgan fingerprint density at radius 2 is 2.09 bits per heavy atom. The van der Waals surface area contributed by atoms with Gasteiger partial charge in [0.15, 0.2) is 5.69 Å². The number of hydrogen-bond donors (Lipinski definition) is 2. The maximum atomic E-state index is 12.4. The van der Waals surface area contributed by atoms with Crippen molar-refractivity contribution in [3.8, 4) is 5.69 Å². The van der Waals surface area contributed by atoms with Gasteiger partial charge >= 0.3 is 0 Å². The highest BCUT2D eigenvalue weighted by Crippen LogP contribution is 2.27. The number of nitrogens with zero attached hydrogens (tertiary/aromatic N) is 2. The van der Waals surface area contributed by atoms with E-state index in [1.54, 1.807) is 0 Å². The molecule has 3 N–H and O–H groups in total. The number of benzene rings is 1. The molecule has 1 aliphatic rings. The molecule has 116 valence electrons. The van der Waals surface area contributed by atoms with Gasteiger partial charge in [0, 0.05) is 23.8 Å². The summed E-state index contributed by atoms with van der Waals surface area (Å²) >= 11 is 0. The fraction of sp³-hybridized carbons (Fsp3) is 0.412. The summed E-state index contributed by atoms with van der Waals surface area (Å²) in [6.45, 7) is 4.38. The highest BCUT2D eigenvalue weighted by Gasteiger charge is 2.27. The summed E-state index contributed by atoms with van der Waals surface area (Å²) in [5, 5.41) is 7.49. The van der Waals surface area contributed by atoms with Gasteiger partial charge in [-0.3, -0.25) is 4.79 Å². The Morgan fingerprint density at radius 1 is 1.36 bits per heavy atom. The van der Waals surface area contributed by atoms with Crippen LogP contribution in [0.25, 0.3) is 5.69 Å². The van der Waals surface area contributed by atoms with Gasteiger partial charge in [-0.05, 0) is 45.2 Å². The molecule has 0 fully saturated rings. The first-order valence-electron chi connectivity index (χ1n) is 7.79. The molecule has 22 heavy (non-hydrogen) atoms. The summed E-state index contributed by atoms with van der Waals surface area (Å²) < 4.78 is 1.92. The van der Waals surface area contributed by atoms with Crippen molar-refractivity contribution in [2.24, 2.45) is 5.73 Å². The van der Waals surface area contributed by atoms with E-state index < -0.39 is 0 Å². The van der Waals surface area contributed by atoms with Gasteiger partial charge in [0.2, 0.25) is 0 Å². The molecule has 1 aromatic carbocycles. The van der Waals surface area contributed by atoms with Crippen molar-refractivity contribution < 1.29 is 4.79 Å². The van der Waals surface area contributed by atoms with Gasteiger partial charge < -0.3 is 11.1 Å². The number of hydrogen-bond acceptors (Lipinski definition) is 3. The molecule has 2 aromatic rings. The fourth-order valence-electron chi connectivity index (χ4n) is 2.87. The average Bonchev–Trinajstić information content (AvgIpc) is 3.10. The lowest BCUT2D eigenvalue weighted by molar-refractivity contribution is 0.0935. The van der Waals surface area contributed by atoms with Crippen LogP contribution in [0.5, 0.6) is 0 Å². The zero-order chi connectivity index (χ0) is 15.7. The van der Waals surface area contributed by atoms with E-state index in [2.05, 4.69) is 29.5 Å². The molecule has 1 aromatic heterocycles. The van der Waals surface area contributed by atoms with E-state index in [1.807, 2.05) is 23.7 Å². The number of nitrogens with one attached hydrogen (secondary N) is 1. The Labute approximate surface area is 130 Å².